The fraction of sp³-hybridized carbons (Fsp3) is 0.250. The minimum Gasteiger partial charge on any atom is -0.389 e. The number of halogens is 1. The van der Waals surface area contributed by atoms with Gasteiger partial charge in [0.05, 0.1) is 17.7 Å². The number of aliphatic hydroxyl groups excluding tert-OH is 2. The smallest absolute Gasteiger partial charge is 0.106 e. The van der Waals surface area contributed by atoms with Crippen molar-refractivity contribution in [3.63, 3.8) is 0 Å². The molecule has 2 N–H and O–H groups in total. The van der Waals surface area contributed by atoms with Gasteiger partial charge < -0.3 is 10.2 Å². The van der Waals surface area contributed by atoms with E-state index in [9.17, 15) is 10.2 Å². The SMILES string of the molecule is OC(CCl)C(O)c1ccc(-n2cccn2)cc1. The lowest BCUT2D eigenvalue weighted by molar-refractivity contribution is 0.0327. The number of nitrogens with zero attached hydrogens (tertiary/aromatic N) is 2. The largest absolute Gasteiger partial charge is 0.389 e. The second-order valence-corrected chi connectivity index (χ2v) is 4.02. The first-order chi connectivity index (χ1) is 8.22. The summed E-state index contributed by atoms with van der Waals surface area (Å²) in [5.74, 6) is 0.00206. The maximum absolute atomic E-state index is 9.75. The van der Waals surface area contributed by atoms with Gasteiger partial charge in [-0.15, -0.1) is 11.6 Å². The number of hydrogen-bond acceptors (Lipinski definition) is 3. The Kier molecular flexibility index (Phi) is 3.78. The fourth-order valence-electron chi connectivity index (χ4n) is 1.55. The maximum atomic E-state index is 9.75. The van der Waals surface area contributed by atoms with E-state index in [2.05, 4.69) is 5.10 Å². The van der Waals surface area contributed by atoms with Crippen LogP contribution in [0.4, 0.5) is 0 Å². The maximum Gasteiger partial charge on any atom is 0.106 e. The summed E-state index contributed by atoms with van der Waals surface area (Å²) in [6.45, 7) is 0. The quantitative estimate of drug-likeness (QED) is 0.811. The van der Waals surface area contributed by atoms with E-state index in [0.29, 0.717) is 5.56 Å². The van der Waals surface area contributed by atoms with E-state index in [4.69, 9.17) is 11.6 Å². The zero-order chi connectivity index (χ0) is 12.3. The predicted octanol–water partition coefficient (Wildman–Crippen LogP) is 1.51. The average molecular weight is 253 g/mol. The molecule has 4 nitrogen and oxygen atoms in total. The molecule has 1 aromatic carbocycles. The molecule has 0 spiro atoms. The molecule has 1 aromatic heterocycles. The van der Waals surface area contributed by atoms with Crippen molar-refractivity contribution in [3.05, 3.63) is 48.3 Å². The summed E-state index contributed by atoms with van der Waals surface area (Å²) in [4.78, 5) is 0. The molecule has 0 saturated heterocycles. The number of aromatic nitrogens is 2. The van der Waals surface area contributed by atoms with Gasteiger partial charge in [-0.25, -0.2) is 4.68 Å². The van der Waals surface area contributed by atoms with Crippen LogP contribution in [0.5, 0.6) is 0 Å². The molecule has 0 amide bonds. The lowest BCUT2D eigenvalue weighted by atomic mass is 10.1. The van der Waals surface area contributed by atoms with Gasteiger partial charge in [-0.05, 0) is 23.8 Å². The summed E-state index contributed by atoms with van der Waals surface area (Å²) in [5.41, 5.74) is 1.53. The van der Waals surface area contributed by atoms with Gasteiger partial charge in [0.15, 0.2) is 0 Å². The first-order valence-electron chi connectivity index (χ1n) is 5.24. The molecule has 2 unspecified atom stereocenters. The Morgan fingerprint density at radius 2 is 1.94 bits per heavy atom. The molecule has 0 aliphatic carbocycles. The Morgan fingerprint density at radius 1 is 1.24 bits per heavy atom. The molecule has 0 saturated carbocycles. The van der Waals surface area contributed by atoms with Crippen LogP contribution in [0.15, 0.2) is 42.7 Å². The number of aliphatic hydroxyl groups is 2. The highest BCUT2D eigenvalue weighted by molar-refractivity contribution is 6.18. The van der Waals surface area contributed by atoms with Crippen LogP contribution in [0.2, 0.25) is 0 Å². The molecule has 17 heavy (non-hydrogen) atoms. The van der Waals surface area contributed by atoms with Crippen molar-refractivity contribution in [2.45, 2.75) is 12.2 Å². The van der Waals surface area contributed by atoms with E-state index in [0.717, 1.165) is 5.69 Å². The Hall–Kier alpha value is -1.36. The third kappa shape index (κ3) is 2.66. The molecule has 0 aliphatic heterocycles. The zero-order valence-electron chi connectivity index (χ0n) is 9.07. The Morgan fingerprint density at radius 3 is 2.47 bits per heavy atom. The number of rotatable bonds is 4. The molecule has 0 bridgehead atoms. The van der Waals surface area contributed by atoms with Gasteiger partial charge in [-0.3, -0.25) is 0 Å². The fourth-order valence-corrected chi connectivity index (χ4v) is 1.72. The molecule has 0 radical (unpaired) electrons. The van der Waals surface area contributed by atoms with Crippen molar-refractivity contribution in [1.29, 1.82) is 0 Å². The minimum absolute atomic E-state index is 0.00206. The molecular formula is C12H13ClN2O2. The van der Waals surface area contributed by atoms with Crippen LogP contribution in [0.3, 0.4) is 0 Å². The normalized spacial score (nSPS) is 14.5. The summed E-state index contributed by atoms with van der Waals surface area (Å²) in [6, 6.07) is 8.98. The van der Waals surface area contributed by atoms with Crippen molar-refractivity contribution < 1.29 is 10.2 Å². The third-order valence-electron chi connectivity index (χ3n) is 2.53. The molecule has 2 atom stereocenters. The van der Waals surface area contributed by atoms with Gasteiger partial charge in [0, 0.05) is 12.4 Å². The highest BCUT2D eigenvalue weighted by Gasteiger charge is 2.16. The summed E-state index contributed by atoms with van der Waals surface area (Å²) in [6.07, 6.45) is 1.62. The van der Waals surface area contributed by atoms with Crippen molar-refractivity contribution in [3.8, 4) is 5.69 Å². The van der Waals surface area contributed by atoms with Gasteiger partial charge in [0.25, 0.3) is 0 Å². The van der Waals surface area contributed by atoms with E-state index in [1.54, 1.807) is 23.0 Å². The van der Waals surface area contributed by atoms with Gasteiger partial charge in [0.2, 0.25) is 0 Å². The number of alkyl halides is 1. The summed E-state index contributed by atoms with van der Waals surface area (Å²) in [5, 5.41) is 23.3. The van der Waals surface area contributed by atoms with Crippen LogP contribution >= 0.6 is 11.6 Å². The minimum atomic E-state index is -0.959. The first-order valence-corrected chi connectivity index (χ1v) is 5.78. The van der Waals surface area contributed by atoms with E-state index in [1.807, 2.05) is 24.4 Å². The molecular weight excluding hydrogens is 240 g/mol. The molecule has 1 heterocycles. The Bertz CT molecular complexity index is 456. The topological polar surface area (TPSA) is 58.3 Å². The van der Waals surface area contributed by atoms with Crippen LogP contribution in [0.1, 0.15) is 11.7 Å². The van der Waals surface area contributed by atoms with E-state index in [-0.39, 0.29) is 5.88 Å². The van der Waals surface area contributed by atoms with E-state index in [1.165, 1.54) is 0 Å². The highest BCUT2D eigenvalue weighted by atomic mass is 35.5. The number of benzene rings is 1. The second kappa shape index (κ2) is 5.31. The monoisotopic (exact) mass is 252 g/mol. The van der Waals surface area contributed by atoms with Crippen molar-refractivity contribution >= 4 is 11.6 Å². The first kappa shape index (κ1) is 12.1. The van der Waals surface area contributed by atoms with Gasteiger partial charge >= 0.3 is 0 Å². The lowest BCUT2D eigenvalue weighted by Gasteiger charge is -2.15. The van der Waals surface area contributed by atoms with Crippen molar-refractivity contribution in [1.82, 2.24) is 9.78 Å². The highest BCUT2D eigenvalue weighted by Crippen LogP contribution is 2.19. The molecule has 5 heteroatoms. The van der Waals surface area contributed by atoms with Crippen LogP contribution in [0.25, 0.3) is 5.69 Å². The molecule has 2 rings (SSSR count). The van der Waals surface area contributed by atoms with E-state index >= 15 is 0 Å². The third-order valence-corrected chi connectivity index (χ3v) is 2.84. The second-order valence-electron chi connectivity index (χ2n) is 3.71. The van der Waals surface area contributed by atoms with Crippen LogP contribution < -0.4 is 0 Å². The lowest BCUT2D eigenvalue weighted by Crippen LogP contribution is -2.19. The van der Waals surface area contributed by atoms with Crippen LogP contribution in [-0.2, 0) is 0 Å². The molecule has 0 fully saturated rings. The number of hydrogen-bond donors (Lipinski definition) is 2. The standard InChI is InChI=1S/C12H13ClN2O2/c13-8-11(16)12(17)9-2-4-10(5-3-9)15-7-1-6-14-15/h1-7,11-12,16-17H,8H2. The van der Waals surface area contributed by atoms with Crippen molar-refractivity contribution in [2.75, 3.05) is 5.88 Å². The van der Waals surface area contributed by atoms with Gasteiger partial charge in [0.1, 0.15) is 6.10 Å². The molecule has 90 valence electrons. The van der Waals surface area contributed by atoms with Gasteiger partial charge in [-0.1, -0.05) is 12.1 Å². The zero-order valence-corrected chi connectivity index (χ0v) is 9.83. The van der Waals surface area contributed by atoms with Crippen LogP contribution in [-0.4, -0.2) is 32.0 Å². The van der Waals surface area contributed by atoms with Crippen molar-refractivity contribution in [2.24, 2.45) is 0 Å². The average Bonchev–Trinajstić information content (AvgIpc) is 2.91. The van der Waals surface area contributed by atoms with E-state index < -0.39 is 12.2 Å². The summed E-state index contributed by atoms with van der Waals surface area (Å²) < 4.78 is 1.72. The Balaban J connectivity index is 2.18. The summed E-state index contributed by atoms with van der Waals surface area (Å²) >= 11 is 5.49. The predicted molar refractivity (Wildman–Crippen MR) is 65.3 cm³/mol. The van der Waals surface area contributed by atoms with Crippen LogP contribution in [0, 0.1) is 0 Å². The Labute approximate surface area is 104 Å². The summed E-state index contributed by atoms with van der Waals surface area (Å²) in [7, 11) is 0. The molecule has 2 aromatic rings. The molecule has 0 aliphatic rings. The van der Waals surface area contributed by atoms with Gasteiger partial charge in [-0.2, -0.15) is 5.10 Å².